The van der Waals surface area contributed by atoms with E-state index in [1.807, 2.05) is 0 Å². The van der Waals surface area contributed by atoms with E-state index in [9.17, 15) is 0 Å². The van der Waals surface area contributed by atoms with Gasteiger partial charge in [-0.1, -0.05) is 188 Å². The van der Waals surface area contributed by atoms with Gasteiger partial charge in [0.1, 0.15) is 0 Å². The van der Waals surface area contributed by atoms with Crippen LogP contribution < -0.4 is 0 Å². The second kappa shape index (κ2) is 14.5. The van der Waals surface area contributed by atoms with Crippen LogP contribution in [0.1, 0.15) is 6.92 Å². The molecule has 0 spiro atoms. The Morgan fingerprint density at radius 2 is 0.593 bits per heavy atom. The number of nitrogens with zero attached hydrogens (tertiary/aromatic N) is 1. The van der Waals surface area contributed by atoms with Gasteiger partial charge in [0, 0.05) is 28.4 Å². The Morgan fingerprint density at radius 3 is 1.10 bits per heavy atom. The summed E-state index contributed by atoms with van der Waals surface area (Å²) >= 11 is 0. The predicted octanol–water partition coefficient (Wildman–Crippen LogP) is 16.1. The average Bonchev–Trinajstić information content (AvgIpc) is 3.64. The van der Waals surface area contributed by atoms with Gasteiger partial charge in [-0.05, 0) is 126 Å². The summed E-state index contributed by atoms with van der Waals surface area (Å²) in [5, 5.41) is 7.62. The first-order valence-corrected chi connectivity index (χ1v) is 20.6. The van der Waals surface area contributed by atoms with Gasteiger partial charge >= 0.3 is 0 Å². The molecule has 278 valence electrons. The van der Waals surface area contributed by atoms with E-state index in [0.29, 0.717) is 0 Å². The molecule has 11 rings (SSSR count). The normalized spacial score (nSPS) is 11.5. The van der Waals surface area contributed by atoms with Crippen molar-refractivity contribution in [2.75, 3.05) is 0 Å². The lowest BCUT2D eigenvalue weighted by Gasteiger charge is -2.20. The van der Waals surface area contributed by atoms with E-state index in [1.54, 1.807) is 0 Å². The van der Waals surface area contributed by atoms with Gasteiger partial charge in [-0.3, -0.25) is 0 Å². The molecular weight excluding hydrogens is 711 g/mol. The third-order valence-electron chi connectivity index (χ3n) is 12.2. The highest BCUT2D eigenvalue weighted by molar-refractivity contribution is 6.22. The molecule has 0 unspecified atom stereocenters. The van der Waals surface area contributed by atoms with Crippen LogP contribution in [-0.2, 0) is 6.54 Å². The van der Waals surface area contributed by atoms with Gasteiger partial charge in [-0.25, -0.2) is 0 Å². The molecule has 10 aromatic carbocycles. The minimum absolute atomic E-state index is 0.951. The Balaban J connectivity index is 1.04. The second-order valence-electron chi connectivity index (χ2n) is 15.5. The molecule has 1 heterocycles. The maximum Gasteiger partial charge on any atom is 0.0491 e. The van der Waals surface area contributed by atoms with E-state index in [-0.39, 0.29) is 0 Å². The first-order valence-electron chi connectivity index (χ1n) is 20.6. The van der Waals surface area contributed by atoms with Gasteiger partial charge in [0.25, 0.3) is 0 Å². The number of benzene rings is 10. The minimum Gasteiger partial charge on any atom is -0.341 e. The zero-order chi connectivity index (χ0) is 39.3. The maximum absolute atomic E-state index is 2.41. The van der Waals surface area contributed by atoms with E-state index in [4.69, 9.17) is 0 Å². The van der Waals surface area contributed by atoms with E-state index in [2.05, 4.69) is 230 Å². The largest absolute Gasteiger partial charge is 0.341 e. The van der Waals surface area contributed by atoms with E-state index in [0.717, 1.165) is 6.54 Å². The quantitative estimate of drug-likeness (QED) is 0.143. The number of aromatic nitrogens is 1. The summed E-state index contributed by atoms with van der Waals surface area (Å²) in [6, 6.07) is 80.4. The van der Waals surface area contributed by atoms with Crippen LogP contribution in [0, 0.1) is 0 Å². The molecule has 0 bridgehead atoms. The fraction of sp³-hybridized carbons (Fsp3) is 0.0345. The third kappa shape index (κ3) is 6.02. The van der Waals surface area contributed by atoms with E-state index in [1.165, 1.54) is 110 Å². The summed E-state index contributed by atoms with van der Waals surface area (Å²) in [7, 11) is 0. The van der Waals surface area contributed by atoms with E-state index < -0.39 is 0 Å². The lowest BCUT2D eigenvalue weighted by molar-refractivity contribution is 0.827. The molecule has 0 aliphatic rings. The zero-order valence-corrected chi connectivity index (χ0v) is 32.9. The van der Waals surface area contributed by atoms with E-state index >= 15 is 0 Å². The number of hydrogen-bond acceptors (Lipinski definition) is 0. The smallest absolute Gasteiger partial charge is 0.0491 e. The summed E-state index contributed by atoms with van der Waals surface area (Å²) in [6.45, 7) is 3.17. The van der Waals surface area contributed by atoms with Crippen molar-refractivity contribution in [1.82, 2.24) is 4.57 Å². The van der Waals surface area contributed by atoms with Crippen molar-refractivity contribution in [3.05, 3.63) is 218 Å². The van der Waals surface area contributed by atoms with Crippen LogP contribution in [0.15, 0.2) is 218 Å². The van der Waals surface area contributed by atoms with Crippen LogP contribution in [-0.4, -0.2) is 4.57 Å². The number of hydrogen-bond donors (Lipinski definition) is 0. The Bertz CT molecular complexity index is 3300. The highest BCUT2D eigenvalue weighted by Crippen LogP contribution is 2.46. The number of para-hydroxylation sites is 1. The molecular formula is C58H41N. The average molecular weight is 752 g/mol. The van der Waals surface area contributed by atoms with Gasteiger partial charge in [0.2, 0.25) is 0 Å². The summed E-state index contributed by atoms with van der Waals surface area (Å²) in [5.74, 6) is 0. The molecule has 0 aliphatic heterocycles. The molecule has 0 radical (unpaired) electrons. The Morgan fingerprint density at radius 1 is 0.254 bits per heavy atom. The summed E-state index contributed by atoms with van der Waals surface area (Å²) in [6.07, 6.45) is 0. The molecule has 11 aromatic rings. The topological polar surface area (TPSA) is 4.93 Å². The summed E-state index contributed by atoms with van der Waals surface area (Å²) in [5.41, 5.74) is 17.3. The molecule has 0 atom stereocenters. The SMILES string of the molecule is CCn1c2ccccc2c2cc(-c3ccc(-c4ccc(-c5c6ccc(-c7ccccc7)cc6c(-c6ccccc6)c6ccc(-c7ccccc7)cc56)cc4)cc3)ccc21. The van der Waals surface area contributed by atoms with Gasteiger partial charge in [-0.15, -0.1) is 0 Å². The van der Waals surface area contributed by atoms with Gasteiger partial charge in [0.15, 0.2) is 0 Å². The lowest BCUT2D eigenvalue weighted by atomic mass is 9.83. The number of fused-ring (bicyclic) bond motifs is 5. The van der Waals surface area contributed by atoms with Gasteiger partial charge < -0.3 is 4.57 Å². The highest BCUT2D eigenvalue weighted by Gasteiger charge is 2.19. The van der Waals surface area contributed by atoms with Gasteiger partial charge in [0.05, 0.1) is 0 Å². The monoisotopic (exact) mass is 751 g/mol. The molecule has 0 aliphatic carbocycles. The zero-order valence-electron chi connectivity index (χ0n) is 32.9. The fourth-order valence-corrected chi connectivity index (χ4v) is 9.33. The number of aryl methyl sites for hydroxylation is 1. The Labute approximate surface area is 345 Å². The third-order valence-corrected chi connectivity index (χ3v) is 12.2. The minimum atomic E-state index is 0.951. The van der Waals surface area contributed by atoms with Crippen LogP contribution in [0.4, 0.5) is 0 Å². The molecule has 0 saturated carbocycles. The first-order chi connectivity index (χ1) is 29.2. The second-order valence-corrected chi connectivity index (χ2v) is 15.5. The first kappa shape index (κ1) is 34.7. The molecule has 0 saturated heterocycles. The Hall–Kier alpha value is -7.48. The molecule has 0 amide bonds. The maximum atomic E-state index is 2.41. The van der Waals surface area contributed by atoms with Crippen molar-refractivity contribution in [2.45, 2.75) is 13.5 Å². The van der Waals surface area contributed by atoms with Crippen molar-refractivity contribution in [2.24, 2.45) is 0 Å². The van der Waals surface area contributed by atoms with Crippen molar-refractivity contribution < 1.29 is 0 Å². The molecule has 1 heteroatoms. The fourth-order valence-electron chi connectivity index (χ4n) is 9.33. The molecule has 0 fully saturated rings. The standard InChI is InChI=1S/C58H41N/c1-2-59-55-21-13-12-20-49(55)52-36-48(32-35-56(52)59)43-24-22-41(23-25-43)42-26-28-45(29-27-42)58-51-34-31-46(39-14-6-3-7-15-39)37-53(51)57(44-18-10-5-11-19-44)50-33-30-47(38-54(50)58)40-16-8-4-9-17-40/h3-38H,2H2,1H3. The van der Waals surface area contributed by atoms with Crippen molar-refractivity contribution in [1.29, 1.82) is 0 Å². The van der Waals surface area contributed by atoms with Crippen molar-refractivity contribution >= 4 is 43.4 Å². The summed E-state index contributed by atoms with van der Waals surface area (Å²) < 4.78 is 2.41. The van der Waals surface area contributed by atoms with Crippen LogP contribution in [0.2, 0.25) is 0 Å². The molecule has 1 aromatic heterocycles. The van der Waals surface area contributed by atoms with Crippen molar-refractivity contribution in [3.8, 4) is 66.8 Å². The predicted molar refractivity (Wildman–Crippen MR) is 253 cm³/mol. The van der Waals surface area contributed by atoms with Gasteiger partial charge in [-0.2, -0.15) is 0 Å². The van der Waals surface area contributed by atoms with Crippen LogP contribution in [0.3, 0.4) is 0 Å². The Kier molecular flexibility index (Phi) is 8.52. The highest BCUT2D eigenvalue weighted by atomic mass is 15.0. The van der Waals surface area contributed by atoms with Crippen LogP contribution in [0.5, 0.6) is 0 Å². The van der Waals surface area contributed by atoms with Crippen LogP contribution in [0.25, 0.3) is 110 Å². The van der Waals surface area contributed by atoms with Crippen LogP contribution >= 0.6 is 0 Å². The summed E-state index contributed by atoms with van der Waals surface area (Å²) in [4.78, 5) is 0. The number of rotatable bonds is 7. The van der Waals surface area contributed by atoms with Crippen molar-refractivity contribution in [3.63, 3.8) is 0 Å². The molecule has 0 N–H and O–H groups in total. The lowest BCUT2D eigenvalue weighted by Crippen LogP contribution is -1.93. The molecule has 59 heavy (non-hydrogen) atoms. The molecule has 1 nitrogen and oxygen atoms in total.